The van der Waals surface area contributed by atoms with Crippen molar-refractivity contribution in [1.82, 2.24) is 4.90 Å². The number of urea groups is 1. The molecule has 2 amide bonds. The van der Waals surface area contributed by atoms with E-state index in [0.717, 1.165) is 17.8 Å². The summed E-state index contributed by atoms with van der Waals surface area (Å²) < 4.78 is 50.6. The van der Waals surface area contributed by atoms with Gasteiger partial charge in [-0.25, -0.2) is 18.0 Å². The van der Waals surface area contributed by atoms with Crippen LogP contribution in [0.2, 0.25) is 0 Å². The number of carbonyl (C=O) groups excluding carboxylic acids is 1. The second-order valence-corrected chi connectivity index (χ2v) is 6.16. The van der Waals surface area contributed by atoms with Crippen molar-refractivity contribution in [2.75, 3.05) is 43.2 Å². The lowest BCUT2D eigenvalue weighted by atomic mass is 10.2. The highest BCUT2D eigenvalue weighted by Crippen LogP contribution is 2.35. The summed E-state index contributed by atoms with van der Waals surface area (Å²) in [7, 11) is 0. The van der Waals surface area contributed by atoms with Crippen LogP contribution in [0, 0.1) is 17.5 Å². The summed E-state index contributed by atoms with van der Waals surface area (Å²) in [5.41, 5.74) is 0.558. The Bertz CT molecular complexity index is 886. The van der Waals surface area contributed by atoms with Gasteiger partial charge in [-0.05, 0) is 24.3 Å². The molecule has 0 radical (unpaired) electrons. The lowest BCUT2D eigenvalue weighted by molar-refractivity contribution is 0.174. The van der Waals surface area contributed by atoms with Gasteiger partial charge in [-0.2, -0.15) is 0 Å². The Hall–Kier alpha value is -3.10. The Morgan fingerprint density at radius 1 is 0.926 bits per heavy atom. The van der Waals surface area contributed by atoms with E-state index >= 15 is 0 Å². The number of fused-ring (bicyclic) bond motifs is 1. The minimum absolute atomic E-state index is 0.202. The van der Waals surface area contributed by atoms with Crippen molar-refractivity contribution in [3.05, 3.63) is 47.8 Å². The van der Waals surface area contributed by atoms with Gasteiger partial charge in [0.1, 0.15) is 0 Å². The third-order valence-corrected chi connectivity index (χ3v) is 4.56. The molecular formula is C18H16F3N3O3. The molecule has 0 unspecified atom stereocenters. The lowest BCUT2D eigenvalue weighted by Gasteiger charge is -2.36. The van der Waals surface area contributed by atoms with E-state index in [9.17, 15) is 18.0 Å². The first-order valence-corrected chi connectivity index (χ1v) is 8.37. The molecule has 0 saturated carbocycles. The maximum Gasteiger partial charge on any atom is 0.322 e. The van der Waals surface area contributed by atoms with Gasteiger partial charge < -0.3 is 24.6 Å². The fourth-order valence-corrected chi connectivity index (χ4v) is 3.07. The predicted molar refractivity (Wildman–Crippen MR) is 91.7 cm³/mol. The fraction of sp³-hybridized carbons (Fsp3) is 0.278. The monoisotopic (exact) mass is 379 g/mol. The van der Waals surface area contributed by atoms with Crippen LogP contribution in [0.3, 0.4) is 0 Å². The molecule has 0 atom stereocenters. The van der Waals surface area contributed by atoms with E-state index in [-0.39, 0.29) is 6.79 Å². The van der Waals surface area contributed by atoms with Crippen molar-refractivity contribution in [3.63, 3.8) is 0 Å². The molecule has 2 aliphatic heterocycles. The molecule has 0 spiro atoms. The summed E-state index contributed by atoms with van der Waals surface area (Å²) >= 11 is 0. The fourth-order valence-electron chi connectivity index (χ4n) is 3.07. The molecule has 2 aromatic rings. The molecule has 9 heteroatoms. The van der Waals surface area contributed by atoms with E-state index in [2.05, 4.69) is 10.2 Å². The Morgan fingerprint density at radius 2 is 1.67 bits per heavy atom. The molecular weight excluding hydrogens is 363 g/mol. The van der Waals surface area contributed by atoms with E-state index in [1.165, 1.54) is 4.90 Å². The minimum Gasteiger partial charge on any atom is -0.454 e. The van der Waals surface area contributed by atoms with Crippen LogP contribution in [0.1, 0.15) is 0 Å². The van der Waals surface area contributed by atoms with Crippen LogP contribution in [0.15, 0.2) is 30.3 Å². The minimum atomic E-state index is -1.61. The van der Waals surface area contributed by atoms with Crippen LogP contribution in [-0.2, 0) is 0 Å². The van der Waals surface area contributed by atoms with Crippen LogP contribution >= 0.6 is 0 Å². The highest BCUT2D eigenvalue weighted by Gasteiger charge is 2.24. The van der Waals surface area contributed by atoms with Gasteiger partial charge in [-0.1, -0.05) is 0 Å². The number of piperazine rings is 1. The maximum atomic E-state index is 13.7. The van der Waals surface area contributed by atoms with Crippen molar-refractivity contribution in [3.8, 4) is 11.5 Å². The second-order valence-electron chi connectivity index (χ2n) is 6.16. The van der Waals surface area contributed by atoms with Crippen molar-refractivity contribution in [1.29, 1.82) is 0 Å². The quantitative estimate of drug-likeness (QED) is 0.815. The van der Waals surface area contributed by atoms with Gasteiger partial charge >= 0.3 is 6.03 Å². The first-order valence-electron chi connectivity index (χ1n) is 8.37. The number of hydrogen-bond acceptors (Lipinski definition) is 4. The topological polar surface area (TPSA) is 54.0 Å². The molecule has 2 aromatic carbocycles. The number of halogens is 3. The lowest BCUT2D eigenvalue weighted by Crippen LogP contribution is -2.50. The first kappa shape index (κ1) is 17.3. The molecule has 1 fully saturated rings. The van der Waals surface area contributed by atoms with Crippen molar-refractivity contribution < 1.29 is 27.4 Å². The van der Waals surface area contributed by atoms with E-state index in [4.69, 9.17) is 9.47 Å². The van der Waals surface area contributed by atoms with Crippen LogP contribution in [0.5, 0.6) is 11.5 Å². The number of nitrogens with zero attached hydrogens (tertiary/aromatic N) is 2. The van der Waals surface area contributed by atoms with Gasteiger partial charge in [-0.3, -0.25) is 0 Å². The van der Waals surface area contributed by atoms with E-state index in [0.29, 0.717) is 37.7 Å². The summed E-state index contributed by atoms with van der Waals surface area (Å²) in [6.07, 6.45) is 0. The molecule has 1 saturated heterocycles. The van der Waals surface area contributed by atoms with E-state index in [1.54, 1.807) is 0 Å². The molecule has 2 aliphatic rings. The number of anilines is 2. The average Bonchev–Trinajstić information content (AvgIpc) is 3.16. The number of rotatable bonds is 2. The molecule has 27 heavy (non-hydrogen) atoms. The van der Waals surface area contributed by atoms with Gasteiger partial charge in [0.2, 0.25) is 6.79 Å². The maximum absolute atomic E-state index is 13.7. The second kappa shape index (κ2) is 6.90. The molecule has 142 valence electrons. The summed E-state index contributed by atoms with van der Waals surface area (Å²) in [5.74, 6) is -2.95. The zero-order valence-corrected chi connectivity index (χ0v) is 14.2. The first-order chi connectivity index (χ1) is 13.0. The van der Waals surface area contributed by atoms with E-state index in [1.807, 2.05) is 18.2 Å². The van der Waals surface area contributed by atoms with Crippen molar-refractivity contribution >= 4 is 17.4 Å². The SMILES string of the molecule is O=C(Nc1ccc(F)c(F)c1F)N1CCN(c2ccc3c(c2)OCO3)CC1. The Kier molecular flexibility index (Phi) is 4.43. The Labute approximate surface area is 153 Å². The number of benzene rings is 2. The average molecular weight is 379 g/mol. The van der Waals surface area contributed by atoms with Crippen LogP contribution < -0.4 is 19.7 Å². The van der Waals surface area contributed by atoms with Gasteiger partial charge in [0.05, 0.1) is 5.69 Å². The normalized spacial score (nSPS) is 15.8. The summed E-state index contributed by atoms with van der Waals surface area (Å²) in [4.78, 5) is 15.9. The Balaban J connectivity index is 1.38. The summed E-state index contributed by atoms with van der Waals surface area (Å²) in [5, 5.41) is 2.29. The van der Waals surface area contributed by atoms with Gasteiger partial charge in [0.15, 0.2) is 29.0 Å². The van der Waals surface area contributed by atoms with Gasteiger partial charge in [-0.15, -0.1) is 0 Å². The smallest absolute Gasteiger partial charge is 0.322 e. The number of amides is 2. The van der Waals surface area contributed by atoms with Crippen molar-refractivity contribution in [2.24, 2.45) is 0 Å². The summed E-state index contributed by atoms with van der Waals surface area (Å²) in [6.45, 7) is 2.12. The molecule has 0 aromatic heterocycles. The van der Waals surface area contributed by atoms with Crippen LogP contribution in [0.4, 0.5) is 29.3 Å². The third-order valence-electron chi connectivity index (χ3n) is 4.56. The highest BCUT2D eigenvalue weighted by molar-refractivity contribution is 5.89. The number of ether oxygens (including phenoxy) is 2. The Morgan fingerprint density at radius 3 is 2.44 bits per heavy atom. The molecule has 4 rings (SSSR count). The largest absolute Gasteiger partial charge is 0.454 e. The van der Waals surface area contributed by atoms with Crippen LogP contribution in [0.25, 0.3) is 0 Å². The number of nitrogens with one attached hydrogen (secondary N) is 1. The third kappa shape index (κ3) is 3.32. The molecule has 2 heterocycles. The molecule has 0 bridgehead atoms. The number of hydrogen-bond donors (Lipinski definition) is 1. The highest BCUT2D eigenvalue weighted by atomic mass is 19.2. The molecule has 1 N–H and O–H groups in total. The van der Waals surface area contributed by atoms with Crippen LogP contribution in [-0.4, -0.2) is 43.9 Å². The predicted octanol–water partition coefficient (Wildman–Crippen LogP) is 3.19. The number of carbonyl (C=O) groups is 1. The standard InChI is InChI=1S/C18H16F3N3O3/c19-12-2-3-13(17(21)16(12)20)22-18(25)24-7-5-23(6-8-24)11-1-4-14-15(9-11)27-10-26-14/h1-4,9H,5-8,10H2,(H,22,25). The van der Waals surface area contributed by atoms with Crippen molar-refractivity contribution in [2.45, 2.75) is 0 Å². The van der Waals surface area contributed by atoms with Gasteiger partial charge in [0.25, 0.3) is 0 Å². The summed E-state index contributed by atoms with van der Waals surface area (Å²) in [6, 6.07) is 6.84. The zero-order valence-electron chi connectivity index (χ0n) is 14.2. The van der Waals surface area contributed by atoms with E-state index < -0.39 is 29.2 Å². The molecule has 6 nitrogen and oxygen atoms in total. The van der Waals surface area contributed by atoms with Gasteiger partial charge in [0, 0.05) is 37.9 Å². The molecule has 0 aliphatic carbocycles. The zero-order chi connectivity index (χ0) is 19.0.